The summed E-state index contributed by atoms with van der Waals surface area (Å²) in [6.07, 6.45) is 0. The summed E-state index contributed by atoms with van der Waals surface area (Å²) >= 11 is 5.91. The van der Waals surface area contributed by atoms with Gasteiger partial charge in [0.15, 0.2) is 11.5 Å². The Balaban J connectivity index is 1.55. The van der Waals surface area contributed by atoms with Crippen LogP contribution in [0, 0.1) is 0 Å². The number of methoxy groups -OCH3 is 1. The highest BCUT2D eigenvalue weighted by molar-refractivity contribution is 6.30. The number of amides is 2. The Labute approximate surface area is 183 Å². The van der Waals surface area contributed by atoms with E-state index in [0.29, 0.717) is 31.2 Å². The number of piperazine rings is 1. The molecule has 31 heavy (non-hydrogen) atoms. The zero-order valence-electron chi connectivity index (χ0n) is 16.8. The fourth-order valence-electron chi connectivity index (χ4n) is 3.29. The summed E-state index contributed by atoms with van der Waals surface area (Å²) in [4.78, 5) is 28.8. The van der Waals surface area contributed by atoms with Crippen LogP contribution in [-0.2, 0) is 4.79 Å². The van der Waals surface area contributed by atoms with Gasteiger partial charge in [-0.3, -0.25) is 9.59 Å². The zero-order chi connectivity index (χ0) is 22.4. The van der Waals surface area contributed by atoms with Crippen LogP contribution in [0.25, 0.3) is 0 Å². The molecule has 1 heterocycles. The number of benzene rings is 2. The van der Waals surface area contributed by atoms with Crippen molar-refractivity contribution in [2.75, 3.05) is 44.7 Å². The minimum Gasteiger partial charge on any atom is -0.493 e. The summed E-state index contributed by atoms with van der Waals surface area (Å²) in [5.74, 6) is -1.34. The molecule has 1 fully saturated rings. The van der Waals surface area contributed by atoms with Crippen molar-refractivity contribution in [3.05, 3.63) is 53.1 Å². The molecule has 0 radical (unpaired) electrons. The maximum absolute atomic E-state index is 12.7. The van der Waals surface area contributed by atoms with Gasteiger partial charge in [-0.15, -0.1) is 0 Å². The van der Waals surface area contributed by atoms with E-state index in [1.807, 2.05) is 24.3 Å². The van der Waals surface area contributed by atoms with E-state index in [1.54, 1.807) is 4.90 Å². The van der Waals surface area contributed by atoms with Crippen molar-refractivity contribution in [1.82, 2.24) is 10.2 Å². The highest BCUT2D eigenvalue weighted by atomic mass is 35.5. The van der Waals surface area contributed by atoms with E-state index in [-0.39, 0.29) is 29.5 Å². The molecule has 166 valence electrons. The lowest BCUT2D eigenvalue weighted by atomic mass is 10.1. The third-order valence-corrected chi connectivity index (χ3v) is 5.13. The van der Waals surface area contributed by atoms with Gasteiger partial charge in [0.05, 0.1) is 19.2 Å². The quantitative estimate of drug-likeness (QED) is 0.697. The van der Waals surface area contributed by atoms with E-state index in [9.17, 15) is 18.4 Å². The third kappa shape index (κ3) is 5.75. The van der Waals surface area contributed by atoms with Crippen molar-refractivity contribution in [1.29, 1.82) is 0 Å². The second kappa shape index (κ2) is 10.3. The van der Waals surface area contributed by atoms with Crippen LogP contribution in [0.1, 0.15) is 10.4 Å². The van der Waals surface area contributed by atoms with E-state index >= 15 is 0 Å². The Hall–Kier alpha value is -3.07. The van der Waals surface area contributed by atoms with Gasteiger partial charge in [0.1, 0.15) is 0 Å². The summed E-state index contributed by atoms with van der Waals surface area (Å²) in [6, 6.07) is 11.7. The smallest absolute Gasteiger partial charge is 0.387 e. The first-order valence-electron chi connectivity index (χ1n) is 9.57. The van der Waals surface area contributed by atoms with Gasteiger partial charge in [0.25, 0.3) is 5.91 Å². The normalized spacial score (nSPS) is 13.8. The molecule has 2 aromatic rings. The molecule has 0 aromatic heterocycles. The van der Waals surface area contributed by atoms with E-state index in [0.717, 1.165) is 5.69 Å². The number of hydrogen-bond acceptors (Lipinski definition) is 5. The van der Waals surface area contributed by atoms with Gasteiger partial charge < -0.3 is 24.6 Å². The standard InChI is InChI=1S/C21H22ClF2N3O4/c1-30-17-4-2-3-16(19(17)31-21(23)24)20(29)25-13-18(28)27-11-9-26(10-12-27)15-7-5-14(22)6-8-15/h2-8,21H,9-13H2,1H3,(H,25,29). The molecule has 7 nitrogen and oxygen atoms in total. The maximum Gasteiger partial charge on any atom is 0.387 e. The lowest BCUT2D eigenvalue weighted by Crippen LogP contribution is -2.51. The van der Waals surface area contributed by atoms with Gasteiger partial charge >= 0.3 is 6.61 Å². The molecule has 10 heteroatoms. The largest absolute Gasteiger partial charge is 0.493 e. The average Bonchev–Trinajstić information content (AvgIpc) is 2.77. The Kier molecular flexibility index (Phi) is 7.51. The zero-order valence-corrected chi connectivity index (χ0v) is 17.6. The maximum atomic E-state index is 12.7. The predicted molar refractivity (Wildman–Crippen MR) is 112 cm³/mol. The SMILES string of the molecule is COc1cccc(C(=O)NCC(=O)N2CCN(c3ccc(Cl)cc3)CC2)c1OC(F)F. The summed E-state index contributed by atoms with van der Waals surface area (Å²) < 4.78 is 34.9. The molecule has 0 bridgehead atoms. The van der Waals surface area contributed by atoms with E-state index < -0.39 is 12.5 Å². The van der Waals surface area contributed by atoms with E-state index in [4.69, 9.17) is 16.3 Å². The molecule has 0 aliphatic carbocycles. The highest BCUT2D eigenvalue weighted by Gasteiger charge is 2.24. The van der Waals surface area contributed by atoms with Gasteiger partial charge in [0.2, 0.25) is 5.91 Å². The van der Waals surface area contributed by atoms with Gasteiger partial charge in [-0.1, -0.05) is 17.7 Å². The molecule has 1 N–H and O–H groups in total. The number of rotatable bonds is 7. The van der Waals surface area contributed by atoms with Gasteiger partial charge in [-0.2, -0.15) is 8.78 Å². The van der Waals surface area contributed by atoms with Crippen LogP contribution in [0.15, 0.2) is 42.5 Å². The van der Waals surface area contributed by atoms with Crippen molar-refractivity contribution in [3.8, 4) is 11.5 Å². The molecule has 1 aliphatic rings. The molecule has 0 atom stereocenters. The minimum atomic E-state index is -3.12. The number of carbonyl (C=O) groups is 2. The summed E-state index contributed by atoms with van der Waals surface area (Å²) in [7, 11) is 1.28. The number of para-hydroxylation sites is 1. The van der Waals surface area contributed by atoms with Crippen molar-refractivity contribution in [2.45, 2.75) is 6.61 Å². The first-order chi connectivity index (χ1) is 14.9. The van der Waals surface area contributed by atoms with Crippen LogP contribution in [-0.4, -0.2) is 63.2 Å². The van der Waals surface area contributed by atoms with Crippen molar-refractivity contribution < 1.29 is 27.8 Å². The summed E-state index contributed by atoms with van der Waals surface area (Å²) in [5, 5.41) is 3.13. The molecule has 1 saturated heterocycles. The molecule has 0 saturated carbocycles. The van der Waals surface area contributed by atoms with Crippen LogP contribution in [0.5, 0.6) is 11.5 Å². The second-order valence-electron chi connectivity index (χ2n) is 6.74. The minimum absolute atomic E-state index is 0.00222. The number of anilines is 1. The number of alkyl halides is 2. The van der Waals surface area contributed by atoms with Crippen LogP contribution in [0.4, 0.5) is 14.5 Å². The second-order valence-corrected chi connectivity index (χ2v) is 7.18. The molecule has 0 spiro atoms. The molecule has 1 aliphatic heterocycles. The first-order valence-corrected chi connectivity index (χ1v) is 9.95. The Morgan fingerprint density at radius 1 is 1.10 bits per heavy atom. The lowest BCUT2D eigenvalue weighted by Gasteiger charge is -2.36. The topological polar surface area (TPSA) is 71.1 Å². The van der Waals surface area contributed by atoms with Crippen LogP contribution >= 0.6 is 11.6 Å². The molecular formula is C21H22ClF2N3O4. The van der Waals surface area contributed by atoms with E-state index in [2.05, 4.69) is 15.0 Å². The fourth-order valence-corrected chi connectivity index (χ4v) is 3.42. The predicted octanol–water partition coefficient (Wildman–Crippen LogP) is 3.03. The van der Waals surface area contributed by atoms with E-state index in [1.165, 1.54) is 25.3 Å². The lowest BCUT2D eigenvalue weighted by molar-refractivity contribution is -0.130. The fraction of sp³-hybridized carbons (Fsp3) is 0.333. The average molecular weight is 454 g/mol. The van der Waals surface area contributed by atoms with Gasteiger partial charge in [-0.25, -0.2) is 0 Å². The number of ether oxygens (including phenoxy) is 2. The molecule has 0 unspecified atom stereocenters. The Morgan fingerprint density at radius 3 is 2.39 bits per heavy atom. The first kappa shape index (κ1) is 22.6. The monoisotopic (exact) mass is 453 g/mol. The van der Waals surface area contributed by atoms with Crippen molar-refractivity contribution >= 4 is 29.1 Å². The van der Waals surface area contributed by atoms with Gasteiger partial charge in [-0.05, 0) is 36.4 Å². The Bertz CT molecular complexity index is 919. The third-order valence-electron chi connectivity index (χ3n) is 4.87. The summed E-state index contributed by atoms with van der Waals surface area (Å²) in [5.41, 5.74) is 0.884. The highest BCUT2D eigenvalue weighted by Crippen LogP contribution is 2.32. The number of hydrogen-bond donors (Lipinski definition) is 1. The van der Waals surface area contributed by atoms with Crippen LogP contribution in [0.3, 0.4) is 0 Å². The van der Waals surface area contributed by atoms with Crippen molar-refractivity contribution in [2.24, 2.45) is 0 Å². The van der Waals surface area contributed by atoms with Crippen LogP contribution in [0.2, 0.25) is 5.02 Å². The number of nitrogens with zero attached hydrogens (tertiary/aromatic N) is 2. The molecule has 2 amide bonds. The molecular weight excluding hydrogens is 432 g/mol. The number of carbonyl (C=O) groups excluding carboxylic acids is 2. The Morgan fingerprint density at radius 2 is 1.77 bits per heavy atom. The van der Waals surface area contributed by atoms with Gasteiger partial charge in [0, 0.05) is 36.9 Å². The van der Waals surface area contributed by atoms with Crippen LogP contribution < -0.4 is 19.7 Å². The number of nitrogens with one attached hydrogen (secondary N) is 1. The molecule has 3 rings (SSSR count). The molecule has 2 aromatic carbocycles. The number of halogens is 3. The summed E-state index contributed by atoms with van der Waals surface area (Å²) in [6.45, 7) is -1.11. The van der Waals surface area contributed by atoms with Crippen molar-refractivity contribution in [3.63, 3.8) is 0 Å².